The summed E-state index contributed by atoms with van der Waals surface area (Å²) < 4.78 is 1.40. The van der Waals surface area contributed by atoms with E-state index in [0.29, 0.717) is 5.92 Å². The molecule has 0 spiro atoms. The van der Waals surface area contributed by atoms with E-state index in [1.807, 2.05) is 30.3 Å². The molecule has 6 heteroatoms. The molecule has 0 radical (unpaired) electrons. The highest BCUT2D eigenvalue weighted by Crippen LogP contribution is 2.18. The van der Waals surface area contributed by atoms with Crippen LogP contribution in [-0.2, 0) is 11.3 Å². The molecule has 1 aromatic carbocycles. The first-order valence-corrected chi connectivity index (χ1v) is 6.28. The monoisotopic (exact) mass is 269 g/mol. The fraction of sp³-hybridized carbons (Fsp3) is 0.286. The predicted molar refractivity (Wildman–Crippen MR) is 73.9 cm³/mol. The van der Waals surface area contributed by atoms with Crippen molar-refractivity contribution in [2.45, 2.75) is 26.3 Å². The molecular formula is C14H15N5O. The van der Waals surface area contributed by atoms with E-state index in [-0.39, 0.29) is 18.3 Å². The predicted octanol–water partition coefficient (Wildman–Crippen LogP) is 1.91. The van der Waals surface area contributed by atoms with Gasteiger partial charge >= 0.3 is 0 Å². The number of amides is 1. The number of nitrogens with one attached hydrogen (secondary N) is 1. The first kappa shape index (κ1) is 13.7. The molecule has 20 heavy (non-hydrogen) atoms. The molecule has 0 saturated heterocycles. The summed E-state index contributed by atoms with van der Waals surface area (Å²) in [6.45, 7) is 4.20. The second-order valence-corrected chi connectivity index (χ2v) is 4.72. The van der Waals surface area contributed by atoms with Crippen molar-refractivity contribution in [2.75, 3.05) is 5.32 Å². The van der Waals surface area contributed by atoms with Crippen LogP contribution in [0.2, 0.25) is 0 Å². The van der Waals surface area contributed by atoms with Crippen LogP contribution < -0.4 is 5.32 Å². The topological polar surface area (TPSA) is 83.6 Å². The van der Waals surface area contributed by atoms with Crippen LogP contribution >= 0.6 is 0 Å². The van der Waals surface area contributed by atoms with Gasteiger partial charge in [-0.05, 0) is 23.6 Å². The van der Waals surface area contributed by atoms with Crippen LogP contribution in [0.4, 0.5) is 5.69 Å². The average Bonchev–Trinajstić information content (AvgIpc) is 2.86. The lowest BCUT2D eigenvalue weighted by molar-refractivity contribution is -0.116. The Morgan fingerprint density at radius 3 is 3.00 bits per heavy atom. The Morgan fingerprint density at radius 2 is 2.30 bits per heavy atom. The Labute approximate surface area is 117 Å². The highest BCUT2D eigenvalue weighted by Gasteiger charge is 2.09. The molecule has 0 unspecified atom stereocenters. The second kappa shape index (κ2) is 5.97. The van der Waals surface area contributed by atoms with Gasteiger partial charge in [-0.3, -0.25) is 9.36 Å². The van der Waals surface area contributed by atoms with E-state index in [0.717, 1.165) is 11.3 Å². The molecule has 0 saturated carbocycles. The average molecular weight is 269 g/mol. The minimum absolute atomic E-state index is 0.0157. The van der Waals surface area contributed by atoms with Gasteiger partial charge < -0.3 is 5.32 Å². The fourth-order valence-electron chi connectivity index (χ4n) is 1.79. The van der Waals surface area contributed by atoms with E-state index < -0.39 is 0 Å². The highest BCUT2D eigenvalue weighted by molar-refractivity contribution is 5.90. The quantitative estimate of drug-likeness (QED) is 0.919. The van der Waals surface area contributed by atoms with Crippen LogP contribution in [0.25, 0.3) is 0 Å². The Kier molecular flexibility index (Phi) is 4.11. The third-order valence-corrected chi connectivity index (χ3v) is 2.87. The van der Waals surface area contributed by atoms with Crippen LogP contribution in [0, 0.1) is 11.3 Å². The SMILES string of the molecule is CC(C)c1cccc(NC(=O)Cn2cnnc2C#N)c1. The Bertz CT molecular complexity index is 654. The van der Waals surface area contributed by atoms with Gasteiger partial charge in [0.05, 0.1) is 0 Å². The third-order valence-electron chi connectivity index (χ3n) is 2.87. The molecule has 0 aliphatic heterocycles. The molecule has 0 fully saturated rings. The molecule has 0 bridgehead atoms. The lowest BCUT2D eigenvalue weighted by atomic mass is 10.0. The summed E-state index contributed by atoms with van der Waals surface area (Å²) in [5.41, 5.74) is 1.90. The molecule has 0 atom stereocenters. The van der Waals surface area contributed by atoms with E-state index in [1.165, 1.54) is 10.9 Å². The summed E-state index contributed by atoms with van der Waals surface area (Å²) in [6.07, 6.45) is 1.36. The summed E-state index contributed by atoms with van der Waals surface area (Å²) in [7, 11) is 0. The lowest BCUT2D eigenvalue weighted by Crippen LogP contribution is -2.19. The molecule has 6 nitrogen and oxygen atoms in total. The third kappa shape index (κ3) is 3.20. The minimum Gasteiger partial charge on any atom is -0.325 e. The zero-order chi connectivity index (χ0) is 14.5. The lowest BCUT2D eigenvalue weighted by Gasteiger charge is -2.09. The fourth-order valence-corrected chi connectivity index (χ4v) is 1.79. The van der Waals surface area contributed by atoms with Gasteiger partial charge in [-0.2, -0.15) is 5.26 Å². The molecule has 2 rings (SSSR count). The molecular weight excluding hydrogens is 254 g/mol. The molecule has 1 N–H and O–H groups in total. The van der Waals surface area contributed by atoms with E-state index in [1.54, 1.807) is 0 Å². The van der Waals surface area contributed by atoms with Crippen molar-refractivity contribution in [3.63, 3.8) is 0 Å². The van der Waals surface area contributed by atoms with Crippen LogP contribution in [0.15, 0.2) is 30.6 Å². The van der Waals surface area contributed by atoms with Gasteiger partial charge in [-0.15, -0.1) is 10.2 Å². The van der Waals surface area contributed by atoms with Crippen molar-refractivity contribution in [3.8, 4) is 6.07 Å². The Balaban J connectivity index is 2.05. The summed E-state index contributed by atoms with van der Waals surface area (Å²) >= 11 is 0. The van der Waals surface area contributed by atoms with Gasteiger partial charge in [0.2, 0.25) is 11.7 Å². The standard InChI is InChI=1S/C14H15N5O/c1-10(2)11-4-3-5-12(6-11)17-14(20)8-19-9-16-18-13(19)7-15/h3-6,9-10H,8H2,1-2H3,(H,17,20). The van der Waals surface area contributed by atoms with Gasteiger partial charge in [-0.25, -0.2) is 0 Å². The molecule has 1 amide bonds. The van der Waals surface area contributed by atoms with Crippen molar-refractivity contribution >= 4 is 11.6 Å². The van der Waals surface area contributed by atoms with Gasteiger partial charge in [-0.1, -0.05) is 26.0 Å². The van der Waals surface area contributed by atoms with Crippen LogP contribution in [0.5, 0.6) is 0 Å². The minimum atomic E-state index is -0.220. The number of hydrogen-bond donors (Lipinski definition) is 1. The van der Waals surface area contributed by atoms with E-state index in [2.05, 4.69) is 29.4 Å². The summed E-state index contributed by atoms with van der Waals surface area (Å²) in [6, 6.07) is 9.59. The number of aromatic nitrogens is 3. The van der Waals surface area contributed by atoms with E-state index in [9.17, 15) is 4.79 Å². The zero-order valence-corrected chi connectivity index (χ0v) is 11.4. The first-order chi connectivity index (χ1) is 9.60. The van der Waals surface area contributed by atoms with Gasteiger partial charge in [0, 0.05) is 5.69 Å². The maximum atomic E-state index is 11.9. The number of nitrogens with zero attached hydrogens (tertiary/aromatic N) is 4. The van der Waals surface area contributed by atoms with Crippen LogP contribution in [0.3, 0.4) is 0 Å². The van der Waals surface area contributed by atoms with Crippen molar-refractivity contribution in [3.05, 3.63) is 42.0 Å². The molecule has 1 heterocycles. The molecule has 0 aliphatic carbocycles. The number of anilines is 1. The maximum Gasteiger partial charge on any atom is 0.244 e. The van der Waals surface area contributed by atoms with E-state index in [4.69, 9.17) is 5.26 Å². The second-order valence-electron chi connectivity index (χ2n) is 4.72. The number of carbonyl (C=O) groups excluding carboxylic acids is 1. The molecule has 1 aromatic heterocycles. The summed E-state index contributed by atoms with van der Waals surface area (Å²) in [5.74, 6) is 0.299. The van der Waals surface area contributed by atoms with Crippen molar-refractivity contribution in [1.82, 2.24) is 14.8 Å². The van der Waals surface area contributed by atoms with Gasteiger partial charge in [0.1, 0.15) is 18.9 Å². The smallest absolute Gasteiger partial charge is 0.244 e. The van der Waals surface area contributed by atoms with Crippen molar-refractivity contribution in [2.24, 2.45) is 0 Å². The number of hydrogen-bond acceptors (Lipinski definition) is 4. The number of carbonyl (C=O) groups is 1. The first-order valence-electron chi connectivity index (χ1n) is 6.28. The summed E-state index contributed by atoms with van der Waals surface area (Å²) in [5, 5.41) is 18.8. The van der Waals surface area contributed by atoms with Crippen molar-refractivity contribution in [1.29, 1.82) is 5.26 Å². The van der Waals surface area contributed by atoms with Crippen LogP contribution in [0.1, 0.15) is 31.2 Å². The number of rotatable bonds is 4. The van der Waals surface area contributed by atoms with E-state index >= 15 is 0 Å². The highest BCUT2D eigenvalue weighted by atomic mass is 16.1. The van der Waals surface area contributed by atoms with Crippen molar-refractivity contribution < 1.29 is 4.79 Å². The van der Waals surface area contributed by atoms with Gasteiger partial charge in [0.25, 0.3) is 0 Å². The largest absolute Gasteiger partial charge is 0.325 e. The molecule has 2 aromatic rings. The Morgan fingerprint density at radius 1 is 1.50 bits per heavy atom. The Hall–Kier alpha value is -2.68. The normalized spacial score (nSPS) is 10.3. The molecule has 102 valence electrons. The number of benzene rings is 1. The maximum absolute atomic E-state index is 11.9. The molecule has 0 aliphatic rings. The van der Waals surface area contributed by atoms with Crippen LogP contribution in [-0.4, -0.2) is 20.7 Å². The zero-order valence-electron chi connectivity index (χ0n) is 11.4. The van der Waals surface area contributed by atoms with Gasteiger partial charge in [0.15, 0.2) is 0 Å². The number of nitriles is 1. The summed E-state index contributed by atoms with van der Waals surface area (Å²) in [4.78, 5) is 11.9.